The van der Waals surface area contributed by atoms with Crippen LogP contribution in [0, 0.1) is 23.6 Å². The topological polar surface area (TPSA) is 104 Å². The third-order valence-corrected chi connectivity index (χ3v) is 11.8. The van der Waals surface area contributed by atoms with E-state index < -0.39 is 74.8 Å². The van der Waals surface area contributed by atoms with Crippen molar-refractivity contribution in [2.75, 3.05) is 4.90 Å². The molecular formula is C33H28Cl2F4N2O6. The van der Waals surface area contributed by atoms with Crippen LogP contribution in [0.15, 0.2) is 54.1 Å². The highest BCUT2D eigenvalue weighted by Crippen LogP contribution is 2.66. The molecule has 2 aliphatic heterocycles. The predicted molar refractivity (Wildman–Crippen MR) is 160 cm³/mol. The number of alkyl halides is 5. The number of carbonyl (C=O) groups excluding carboxylic acids is 4. The number of rotatable bonds is 4. The monoisotopic (exact) mass is 694 g/mol. The number of allylic oxidation sites excluding steroid dienone is 2. The van der Waals surface area contributed by atoms with Crippen molar-refractivity contribution < 1.29 is 46.6 Å². The van der Waals surface area contributed by atoms with Crippen molar-refractivity contribution in [1.29, 1.82) is 0 Å². The Kier molecular flexibility index (Phi) is 7.44. The van der Waals surface area contributed by atoms with E-state index in [2.05, 4.69) is 4.74 Å². The number of ether oxygens (including phenoxy) is 1. The summed E-state index contributed by atoms with van der Waals surface area (Å²) in [4.78, 5) is 53.9. The molecule has 2 aromatic rings. The maximum absolute atomic E-state index is 14.4. The molecule has 2 saturated heterocycles. The van der Waals surface area contributed by atoms with E-state index in [1.807, 2.05) is 0 Å². The van der Waals surface area contributed by atoms with Crippen LogP contribution in [-0.2, 0) is 19.2 Å². The maximum Gasteiger partial charge on any atom is 0.573 e. The number of amides is 4. The number of hydrogen-bond acceptors (Lipinski definition) is 6. The van der Waals surface area contributed by atoms with E-state index in [1.54, 1.807) is 6.08 Å². The Labute approximate surface area is 276 Å². The minimum atomic E-state index is -5.10. The van der Waals surface area contributed by atoms with Gasteiger partial charge >= 0.3 is 6.36 Å². The van der Waals surface area contributed by atoms with Gasteiger partial charge in [0.15, 0.2) is 9.75 Å². The largest absolute Gasteiger partial charge is 0.573 e. The summed E-state index contributed by atoms with van der Waals surface area (Å²) in [6, 6.07) is 6.81. The Hall–Kier alpha value is -3.64. The summed E-state index contributed by atoms with van der Waals surface area (Å²) >= 11 is 14.5. The van der Waals surface area contributed by atoms with E-state index in [9.17, 15) is 41.8 Å². The van der Waals surface area contributed by atoms with Crippen LogP contribution < -0.4 is 9.64 Å². The van der Waals surface area contributed by atoms with Crippen LogP contribution in [0.2, 0.25) is 0 Å². The molecule has 0 radical (unpaired) electrons. The van der Waals surface area contributed by atoms with Crippen molar-refractivity contribution in [3.8, 4) is 11.5 Å². The van der Waals surface area contributed by atoms with Crippen LogP contribution in [0.5, 0.6) is 11.5 Å². The molecule has 8 nitrogen and oxygen atoms in total. The number of nitrogens with zero attached hydrogens (tertiary/aromatic N) is 2. The summed E-state index contributed by atoms with van der Waals surface area (Å²) in [5.41, 5.74) is -0.0478. The SMILES string of the molecule is O=C1C2CC=C3C(CC4(Cl)C(=O)N(c5ccc(F)cc5)C(=O)C4(Cl)C3c3cc(OC(F)(F)F)ccc3O)C2C(=O)N1C1CCCCC1. The molecule has 0 aromatic heterocycles. The molecule has 14 heteroatoms. The summed E-state index contributed by atoms with van der Waals surface area (Å²) in [7, 11) is 0. The second kappa shape index (κ2) is 10.9. The van der Waals surface area contributed by atoms with E-state index in [0.29, 0.717) is 23.3 Å². The minimum absolute atomic E-state index is 0.0570. The number of phenols is 1. The summed E-state index contributed by atoms with van der Waals surface area (Å²) in [6.07, 6.45) is 0.252. The van der Waals surface area contributed by atoms with E-state index in [-0.39, 0.29) is 36.0 Å². The second-order valence-corrected chi connectivity index (χ2v) is 14.1. The fourth-order valence-electron chi connectivity index (χ4n) is 8.43. The summed E-state index contributed by atoms with van der Waals surface area (Å²) in [6.45, 7) is 0. The van der Waals surface area contributed by atoms with Gasteiger partial charge in [0.1, 0.15) is 17.3 Å². The second-order valence-electron chi connectivity index (χ2n) is 12.9. The Balaban J connectivity index is 1.40. The average Bonchev–Trinajstić information content (AvgIpc) is 3.36. The maximum atomic E-state index is 14.4. The number of imide groups is 2. The van der Waals surface area contributed by atoms with Gasteiger partial charge < -0.3 is 9.84 Å². The molecule has 0 bridgehead atoms. The van der Waals surface area contributed by atoms with Gasteiger partial charge in [0.2, 0.25) is 11.8 Å². The molecular weight excluding hydrogens is 667 g/mol. The molecule has 3 aliphatic carbocycles. The van der Waals surface area contributed by atoms with Crippen molar-refractivity contribution in [3.05, 3.63) is 65.5 Å². The third-order valence-electron chi connectivity index (χ3n) is 10.4. The molecule has 248 valence electrons. The molecule has 5 aliphatic rings. The van der Waals surface area contributed by atoms with Gasteiger partial charge in [0.25, 0.3) is 11.8 Å². The molecule has 2 heterocycles. The molecule has 2 aromatic carbocycles. The lowest BCUT2D eigenvalue weighted by molar-refractivity contribution is -0.274. The number of halogens is 6. The highest BCUT2D eigenvalue weighted by molar-refractivity contribution is 6.58. The first-order valence-electron chi connectivity index (χ1n) is 15.4. The summed E-state index contributed by atoms with van der Waals surface area (Å²) in [5, 5.41) is 11.1. The highest BCUT2D eigenvalue weighted by Gasteiger charge is 2.77. The summed E-state index contributed by atoms with van der Waals surface area (Å²) < 4.78 is 57.8. The standard InChI is InChI=1S/C33H28Cl2F4N2O6/c34-31-15-23-20(11-12-21-25(23)28(44)40(27(21)43)17-4-2-1-3-5-17)26(22-14-19(10-13-24(22)42)47-33(37,38)39)32(31,35)30(46)41(29(31)45)18-8-6-16(36)7-9-18/h6-11,13-14,17,21,23,25-26,42H,1-5,12,15H2. The lowest BCUT2D eigenvalue weighted by Gasteiger charge is -2.50. The number of phenolic OH excluding ortho intramolecular Hbond substituents is 1. The van der Waals surface area contributed by atoms with Gasteiger partial charge in [-0.25, -0.2) is 9.29 Å². The van der Waals surface area contributed by atoms with Crippen molar-refractivity contribution >= 4 is 52.5 Å². The van der Waals surface area contributed by atoms with Crippen LogP contribution in [0.3, 0.4) is 0 Å². The lowest BCUT2D eigenvalue weighted by Crippen LogP contribution is -2.60. The number of likely N-dealkylation sites (tertiary alicyclic amines) is 1. The Morgan fingerprint density at radius 3 is 2.23 bits per heavy atom. The molecule has 2 saturated carbocycles. The van der Waals surface area contributed by atoms with Crippen LogP contribution in [0.25, 0.3) is 0 Å². The van der Waals surface area contributed by atoms with Crippen LogP contribution in [0.4, 0.5) is 23.2 Å². The van der Waals surface area contributed by atoms with E-state index >= 15 is 0 Å². The van der Waals surface area contributed by atoms with Crippen LogP contribution in [0.1, 0.15) is 56.4 Å². The van der Waals surface area contributed by atoms with E-state index in [1.165, 1.54) is 17.0 Å². The van der Waals surface area contributed by atoms with Crippen LogP contribution in [-0.4, -0.2) is 55.8 Å². The minimum Gasteiger partial charge on any atom is -0.508 e. The van der Waals surface area contributed by atoms with Crippen molar-refractivity contribution in [2.45, 2.75) is 73.0 Å². The van der Waals surface area contributed by atoms with Crippen molar-refractivity contribution in [2.24, 2.45) is 17.8 Å². The normalized spacial score (nSPS) is 32.7. The Bertz CT molecular complexity index is 1730. The average molecular weight is 695 g/mol. The molecule has 0 spiro atoms. The fourth-order valence-corrected chi connectivity index (χ4v) is 9.36. The number of aromatic hydroxyl groups is 1. The zero-order valence-corrected chi connectivity index (χ0v) is 26.1. The predicted octanol–water partition coefficient (Wildman–Crippen LogP) is 6.33. The van der Waals surface area contributed by atoms with Gasteiger partial charge in [0.05, 0.1) is 17.5 Å². The molecule has 6 atom stereocenters. The molecule has 4 amide bonds. The van der Waals surface area contributed by atoms with E-state index in [4.69, 9.17) is 23.2 Å². The number of hydrogen-bond donors (Lipinski definition) is 1. The number of anilines is 1. The Morgan fingerprint density at radius 1 is 0.894 bits per heavy atom. The molecule has 47 heavy (non-hydrogen) atoms. The van der Waals surface area contributed by atoms with Crippen molar-refractivity contribution in [3.63, 3.8) is 0 Å². The lowest BCUT2D eigenvalue weighted by atomic mass is 9.56. The molecule has 4 fully saturated rings. The van der Waals surface area contributed by atoms with Gasteiger partial charge in [-0.05, 0) is 74.1 Å². The zero-order valence-electron chi connectivity index (χ0n) is 24.6. The Morgan fingerprint density at radius 2 is 1.57 bits per heavy atom. The first-order chi connectivity index (χ1) is 22.2. The molecule has 1 N–H and O–H groups in total. The van der Waals surface area contributed by atoms with Gasteiger partial charge in [-0.3, -0.25) is 24.1 Å². The summed E-state index contributed by atoms with van der Waals surface area (Å²) in [5.74, 6) is -8.99. The first-order valence-corrected chi connectivity index (χ1v) is 16.1. The van der Waals surface area contributed by atoms with Gasteiger partial charge in [-0.1, -0.05) is 30.9 Å². The van der Waals surface area contributed by atoms with Crippen molar-refractivity contribution in [1.82, 2.24) is 4.90 Å². The fraction of sp³-hybridized carbons (Fsp3) is 0.455. The van der Waals surface area contributed by atoms with Gasteiger partial charge in [-0.2, -0.15) is 0 Å². The number of benzene rings is 2. The third kappa shape index (κ3) is 4.68. The first kappa shape index (κ1) is 31.9. The number of carbonyl (C=O) groups is 4. The smallest absolute Gasteiger partial charge is 0.508 e. The quantitative estimate of drug-likeness (QED) is 0.174. The van der Waals surface area contributed by atoms with Gasteiger partial charge in [-0.15, -0.1) is 36.4 Å². The van der Waals surface area contributed by atoms with E-state index in [0.717, 1.165) is 49.6 Å². The van der Waals surface area contributed by atoms with Crippen LogP contribution >= 0.6 is 23.2 Å². The molecule has 6 unspecified atom stereocenters. The highest BCUT2D eigenvalue weighted by atomic mass is 35.5. The van der Waals surface area contributed by atoms with Gasteiger partial charge in [0, 0.05) is 17.5 Å². The number of fused-ring (bicyclic) bond motifs is 4. The zero-order chi connectivity index (χ0) is 33.6. The molecule has 7 rings (SSSR count).